The number of benzene rings is 2. The molecule has 0 atom stereocenters. The third-order valence-corrected chi connectivity index (χ3v) is 7.60. The number of nitrogens with zero attached hydrogens (tertiary/aromatic N) is 2. The second kappa shape index (κ2) is 8.73. The largest absolute Gasteiger partial charge is 0.370 e. The number of amides is 1. The first-order chi connectivity index (χ1) is 14.4. The van der Waals surface area contributed by atoms with Crippen molar-refractivity contribution in [2.75, 3.05) is 36.4 Å². The third kappa shape index (κ3) is 4.34. The normalized spacial score (nSPS) is 17.8. The lowest BCUT2D eigenvalue weighted by molar-refractivity contribution is 0.102. The molecule has 2 fully saturated rings. The lowest BCUT2D eigenvalue weighted by Gasteiger charge is -2.30. The van der Waals surface area contributed by atoms with Crippen molar-refractivity contribution in [1.82, 2.24) is 4.31 Å². The number of sulfonamides is 1. The van der Waals surface area contributed by atoms with Crippen LogP contribution in [0.4, 0.5) is 15.8 Å². The van der Waals surface area contributed by atoms with E-state index in [0.717, 1.165) is 50.9 Å². The summed E-state index contributed by atoms with van der Waals surface area (Å²) in [6, 6.07) is 10.4. The van der Waals surface area contributed by atoms with Gasteiger partial charge in [-0.25, -0.2) is 12.8 Å². The molecule has 0 unspecified atom stereocenters. The van der Waals surface area contributed by atoms with Gasteiger partial charge in [-0.2, -0.15) is 4.31 Å². The number of carbonyl (C=O) groups excluding carboxylic acids is 1. The molecule has 1 amide bonds. The summed E-state index contributed by atoms with van der Waals surface area (Å²) in [5.74, 6) is -0.895. The fourth-order valence-corrected chi connectivity index (χ4v) is 5.65. The predicted octanol–water partition coefficient (Wildman–Crippen LogP) is 3.85. The summed E-state index contributed by atoms with van der Waals surface area (Å²) in [7, 11) is -3.61. The first-order valence-electron chi connectivity index (χ1n) is 10.4. The summed E-state index contributed by atoms with van der Waals surface area (Å²) >= 11 is 0. The molecule has 160 valence electrons. The van der Waals surface area contributed by atoms with E-state index >= 15 is 0 Å². The van der Waals surface area contributed by atoms with E-state index < -0.39 is 21.7 Å². The molecule has 2 aromatic rings. The van der Waals surface area contributed by atoms with E-state index in [4.69, 9.17) is 0 Å². The fraction of sp³-hybridized carbons (Fsp3) is 0.409. The number of carbonyl (C=O) groups is 1. The minimum Gasteiger partial charge on any atom is -0.370 e. The number of piperidine rings is 1. The number of halogens is 1. The molecule has 0 radical (unpaired) electrons. The Balaban J connectivity index is 1.58. The van der Waals surface area contributed by atoms with E-state index in [-0.39, 0.29) is 10.5 Å². The van der Waals surface area contributed by atoms with E-state index in [1.54, 1.807) is 18.2 Å². The summed E-state index contributed by atoms with van der Waals surface area (Å²) in [6.07, 6.45) is 4.97. The SMILES string of the molecule is O=C(Nc1cc(F)ccc1N1CCCCC1)c1cccc(S(=O)(=O)N2CCCC2)c1. The van der Waals surface area contributed by atoms with Crippen molar-refractivity contribution in [1.29, 1.82) is 0 Å². The summed E-state index contributed by atoms with van der Waals surface area (Å²) in [6.45, 7) is 2.72. The molecule has 8 heteroatoms. The first-order valence-corrected chi connectivity index (χ1v) is 11.9. The van der Waals surface area contributed by atoms with Crippen LogP contribution in [0.5, 0.6) is 0 Å². The van der Waals surface area contributed by atoms with Gasteiger partial charge in [-0.3, -0.25) is 4.79 Å². The lowest BCUT2D eigenvalue weighted by atomic mass is 10.1. The van der Waals surface area contributed by atoms with Gasteiger partial charge in [-0.15, -0.1) is 0 Å². The van der Waals surface area contributed by atoms with Crippen LogP contribution in [-0.2, 0) is 10.0 Å². The van der Waals surface area contributed by atoms with Gasteiger partial charge in [0.1, 0.15) is 5.82 Å². The molecule has 0 saturated carbocycles. The zero-order valence-corrected chi connectivity index (χ0v) is 17.6. The summed E-state index contributed by atoms with van der Waals surface area (Å²) in [5.41, 5.74) is 1.41. The van der Waals surface area contributed by atoms with Gasteiger partial charge >= 0.3 is 0 Å². The van der Waals surface area contributed by atoms with E-state index in [2.05, 4.69) is 10.2 Å². The molecule has 2 aliphatic rings. The highest BCUT2D eigenvalue weighted by atomic mass is 32.2. The minimum absolute atomic E-state index is 0.104. The van der Waals surface area contributed by atoms with Crippen LogP contribution in [0.1, 0.15) is 42.5 Å². The van der Waals surface area contributed by atoms with Crippen LogP contribution in [0.2, 0.25) is 0 Å². The first kappa shape index (κ1) is 20.8. The number of anilines is 2. The van der Waals surface area contributed by atoms with Crippen LogP contribution in [0.3, 0.4) is 0 Å². The van der Waals surface area contributed by atoms with Gasteiger partial charge in [0.2, 0.25) is 10.0 Å². The molecule has 2 saturated heterocycles. The van der Waals surface area contributed by atoms with E-state index in [1.165, 1.54) is 28.6 Å². The quantitative estimate of drug-likeness (QED) is 0.781. The summed E-state index contributed by atoms with van der Waals surface area (Å²) in [4.78, 5) is 15.2. The number of rotatable bonds is 5. The van der Waals surface area contributed by atoms with Gasteiger partial charge in [-0.05, 0) is 68.5 Å². The smallest absolute Gasteiger partial charge is 0.255 e. The van der Waals surface area contributed by atoms with Gasteiger partial charge in [-0.1, -0.05) is 6.07 Å². The number of nitrogens with one attached hydrogen (secondary N) is 1. The molecule has 0 bridgehead atoms. The predicted molar refractivity (Wildman–Crippen MR) is 115 cm³/mol. The van der Waals surface area contributed by atoms with Crippen molar-refractivity contribution in [3.05, 3.63) is 53.8 Å². The van der Waals surface area contributed by atoms with Crippen LogP contribution >= 0.6 is 0 Å². The highest BCUT2D eigenvalue weighted by molar-refractivity contribution is 7.89. The Morgan fingerprint density at radius 3 is 2.33 bits per heavy atom. The molecule has 0 spiro atoms. The molecule has 4 rings (SSSR count). The van der Waals surface area contributed by atoms with Crippen molar-refractivity contribution in [3.8, 4) is 0 Å². The topological polar surface area (TPSA) is 69.7 Å². The second-order valence-electron chi connectivity index (χ2n) is 7.80. The van der Waals surface area contributed by atoms with Crippen molar-refractivity contribution >= 4 is 27.3 Å². The van der Waals surface area contributed by atoms with Crippen LogP contribution in [0.15, 0.2) is 47.4 Å². The van der Waals surface area contributed by atoms with E-state index in [0.29, 0.717) is 18.8 Å². The van der Waals surface area contributed by atoms with E-state index in [9.17, 15) is 17.6 Å². The highest BCUT2D eigenvalue weighted by Gasteiger charge is 2.27. The molecular weight excluding hydrogens is 405 g/mol. The Labute approximate surface area is 176 Å². The van der Waals surface area contributed by atoms with Crippen LogP contribution in [0, 0.1) is 5.82 Å². The molecule has 6 nitrogen and oxygen atoms in total. The van der Waals surface area contributed by atoms with Gasteiger partial charge in [0.25, 0.3) is 5.91 Å². The van der Waals surface area contributed by atoms with Gasteiger partial charge < -0.3 is 10.2 Å². The molecule has 2 aromatic carbocycles. The standard InChI is InChI=1S/C22H26FN3O3S/c23-18-9-10-21(25-11-2-1-3-12-25)20(16-18)24-22(27)17-7-6-8-19(15-17)30(28,29)26-13-4-5-14-26/h6-10,15-16H,1-5,11-14H2,(H,24,27). The second-order valence-corrected chi connectivity index (χ2v) is 9.74. The average molecular weight is 432 g/mol. The summed E-state index contributed by atoms with van der Waals surface area (Å²) in [5, 5.41) is 2.78. The Hall–Kier alpha value is -2.45. The van der Waals surface area contributed by atoms with Crippen LogP contribution in [0.25, 0.3) is 0 Å². The maximum absolute atomic E-state index is 13.9. The summed E-state index contributed by atoms with van der Waals surface area (Å²) < 4.78 is 41.0. The Bertz CT molecular complexity index is 1030. The highest BCUT2D eigenvalue weighted by Crippen LogP contribution is 2.30. The zero-order chi connectivity index (χ0) is 21.1. The molecule has 1 N–H and O–H groups in total. The number of hydrogen-bond donors (Lipinski definition) is 1. The number of hydrogen-bond acceptors (Lipinski definition) is 4. The fourth-order valence-electron chi connectivity index (χ4n) is 4.09. The Morgan fingerprint density at radius 1 is 0.900 bits per heavy atom. The average Bonchev–Trinajstić information content (AvgIpc) is 3.30. The molecule has 0 aromatic heterocycles. The lowest BCUT2D eigenvalue weighted by Crippen LogP contribution is -2.30. The van der Waals surface area contributed by atoms with Crippen LogP contribution < -0.4 is 10.2 Å². The van der Waals surface area contributed by atoms with Gasteiger partial charge in [0, 0.05) is 31.7 Å². The van der Waals surface area contributed by atoms with Crippen LogP contribution in [-0.4, -0.2) is 44.8 Å². The molecule has 30 heavy (non-hydrogen) atoms. The molecule has 2 heterocycles. The maximum Gasteiger partial charge on any atom is 0.255 e. The van der Waals surface area contributed by atoms with Crippen molar-refractivity contribution < 1.29 is 17.6 Å². The van der Waals surface area contributed by atoms with Crippen molar-refractivity contribution in [3.63, 3.8) is 0 Å². The zero-order valence-electron chi connectivity index (χ0n) is 16.8. The van der Waals surface area contributed by atoms with Gasteiger partial charge in [0.05, 0.1) is 16.3 Å². The molecule has 0 aliphatic carbocycles. The van der Waals surface area contributed by atoms with Crippen molar-refractivity contribution in [2.45, 2.75) is 37.0 Å². The third-order valence-electron chi connectivity index (χ3n) is 5.70. The van der Waals surface area contributed by atoms with Gasteiger partial charge in [0.15, 0.2) is 0 Å². The minimum atomic E-state index is -3.61. The Kier molecular flexibility index (Phi) is 6.06. The molecule has 2 aliphatic heterocycles. The van der Waals surface area contributed by atoms with Crippen molar-refractivity contribution in [2.24, 2.45) is 0 Å². The molecular formula is C22H26FN3O3S. The van der Waals surface area contributed by atoms with E-state index in [1.807, 2.05) is 0 Å². The maximum atomic E-state index is 13.9. The monoisotopic (exact) mass is 431 g/mol. The Morgan fingerprint density at radius 2 is 1.60 bits per heavy atom.